The third-order valence-electron chi connectivity index (χ3n) is 5.10. The van der Waals surface area contributed by atoms with Gasteiger partial charge in [-0.15, -0.1) is 0 Å². The minimum atomic E-state index is -0.288. The van der Waals surface area contributed by atoms with Crippen molar-refractivity contribution in [1.29, 1.82) is 0 Å². The van der Waals surface area contributed by atoms with Gasteiger partial charge >= 0.3 is 0 Å². The molecule has 6 nitrogen and oxygen atoms in total. The minimum Gasteiger partial charge on any atom is -0.493 e. The number of carbonyl (C=O) groups is 2. The van der Waals surface area contributed by atoms with Crippen molar-refractivity contribution in [1.82, 2.24) is 0 Å². The summed E-state index contributed by atoms with van der Waals surface area (Å²) in [6, 6.07) is 17.9. The van der Waals surface area contributed by atoms with Crippen molar-refractivity contribution in [2.45, 2.75) is 6.92 Å². The van der Waals surface area contributed by atoms with E-state index >= 15 is 0 Å². The van der Waals surface area contributed by atoms with Crippen LogP contribution >= 0.6 is 51.5 Å². The Morgan fingerprint density at radius 1 is 1.17 bits per heavy atom. The Balaban J connectivity index is 1.46. The molecule has 0 unspecified atom stereocenters. The largest absolute Gasteiger partial charge is 0.493 e. The van der Waals surface area contributed by atoms with Gasteiger partial charge in [0.1, 0.15) is 0 Å². The van der Waals surface area contributed by atoms with E-state index in [4.69, 9.17) is 33.3 Å². The number of hydrogen-bond acceptors (Lipinski definition) is 6. The van der Waals surface area contributed by atoms with Gasteiger partial charge in [0.25, 0.3) is 11.8 Å². The smallest absolute Gasteiger partial charge is 0.270 e. The van der Waals surface area contributed by atoms with Gasteiger partial charge < -0.3 is 14.8 Å². The van der Waals surface area contributed by atoms with Crippen LogP contribution in [-0.2, 0) is 9.59 Å². The van der Waals surface area contributed by atoms with Gasteiger partial charge in [-0.25, -0.2) is 0 Å². The van der Waals surface area contributed by atoms with Crippen LogP contribution in [-0.4, -0.2) is 29.9 Å². The molecule has 1 aliphatic rings. The summed E-state index contributed by atoms with van der Waals surface area (Å²) in [5.41, 5.74) is 3.06. The van der Waals surface area contributed by atoms with Crippen LogP contribution in [0.15, 0.2) is 70.0 Å². The monoisotopic (exact) mass is 602 g/mol. The predicted molar refractivity (Wildman–Crippen MR) is 153 cm³/mol. The average molecular weight is 604 g/mol. The number of nitrogens with one attached hydrogen (secondary N) is 1. The van der Waals surface area contributed by atoms with Crippen LogP contribution in [0.5, 0.6) is 11.5 Å². The van der Waals surface area contributed by atoms with Gasteiger partial charge in [0, 0.05) is 10.2 Å². The van der Waals surface area contributed by atoms with E-state index in [1.54, 1.807) is 42.5 Å². The molecule has 3 aromatic rings. The van der Waals surface area contributed by atoms with E-state index in [0.717, 1.165) is 15.6 Å². The number of methoxy groups -OCH3 is 1. The van der Waals surface area contributed by atoms with Crippen LogP contribution in [0.1, 0.15) is 11.1 Å². The Kier molecular flexibility index (Phi) is 8.35. The number of nitrogens with zero attached hydrogens (tertiary/aromatic N) is 1. The molecule has 0 radical (unpaired) electrons. The van der Waals surface area contributed by atoms with Gasteiger partial charge in [0.15, 0.2) is 22.4 Å². The van der Waals surface area contributed by atoms with Crippen LogP contribution in [0, 0.1) is 6.92 Å². The highest BCUT2D eigenvalue weighted by atomic mass is 79.9. The zero-order valence-electron chi connectivity index (χ0n) is 19.2. The summed E-state index contributed by atoms with van der Waals surface area (Å²) in [5.74, 6) is 0.312. The molecule has 2 amide bonds. The van der Waals surface area contributed by atoms with E-state index in [2.05, 4.69) is 21.2 Å². The molecule has 1 heterocycles. The number of thiocarbonyl (C=S) groups is 1. The Morgan fingerprint density at radius 2 is 1.97 bits per heavy atom. The molecule has 1 aliphatic heterocycles. The lowest BCUT2D eigenvalue weighted by atomic mass is 10.2. The number of amides is 2. The van der Waals surface area contributed by atoms with Crippen LogP contribution in [0.2, 0.25) is 5.02 Å². The summed E-state index contributed by atoms with van der Waals surface area (Å²) in [6.45, 7) is 1.77. The first-order chi connectivity index (χ1) is 17.2. The third kappa shape index (κ3) is 6.10. The molecule has 1 N–H and O–H groups in total. The number of thioether (sulfide) groups is 1. The predicted octanol–water partition coefficient (Wildman–Crippen LogP) is 6.84. The second kappa shape index (κ2) is 11.5. The summed E-state index contributed by atoms with van der Waals surface area (Å²) in [6.07, 6.45) is 1.73. The van der Waals surface area contributed by atoms with Crippen LogP contribution in [0.25, 0.3) is 6.08 Å². The molecule has 0 atom stereocenters. The van der Waals surface area contributed by atoms with Gasteiger partial charge in [-0.3, -0.25) is 14.5 Å². The lowest BCUT2D eigenvalue weighted by Crippen LogP contribution is -2.27. The van der Waals surface area contributed by atoms with Gasteiger partial charge in [-0.2, -0.15) is 0 Å². The number of carbonyl (C=O) groups excluding carboxylic acids is 2. The maximum atomic E-state index is 13.1. The van der Waals surface area contributed by atoms with Gasteiger partial charge in [0.05, 0.1) is 22.7 Å². The molecule has 184 valence electrons. The third-order valence-corrected chi connectivity index (χ3v) is 7.64. The average Bonchev–Trinajstić information content (AvgIpc) is 3.12. The fourth-order valence-corrected chi connectivity index (χ4v) is 5.14. The van der Waals surface area contributed by atoms with E-state index in [-0.39, 0.29) is 18.4 Å². The SMILES string of the molecule is COc1cc(/C=C2/SC(=S)N(c3ccc(Br)c(Cl)c3)C2=O)ccc1OCC(=O)Nc1cccc(C)c1. The molecule has 0 bridgehead atoms. The van der Waals surface area contributed by atoms with Crippen molar-refractivity contribution in [2.75, 3.05) is 23.9 Å². The topological polar surface area (TPSA) is 67.9 Å². The summed E-state index contributed by atoms with van der Waals surface area (Å²) in [5, 5.41) is 3.29. The van der Waals surface area contributed by atoms with Crippen molar-refractivity contribution in [2.24, 2.45) is 0 Å². The number of benzene rings is 3. The first-order valence-electron chi connectivity index (χ1n) is 10.7. The Morgan fingerprint density at radius 3 is 2.69 bits per heavy atom. The van der Waals surface area contributed by atoms with Crippen molar-refractivity contribution >= 4 is 85.1 Å². The molecule has 0 aliphatic carbocycles. The van der Waals surface area contributed by atoms with Crippen molar-refractivity contribution < 1.29 is 19.1 Å². The van der Waals surface area contributed by atoms with Crippen LogP contribution in [0.3, 0.4) is 0 Å². The zero-order chi connectivity index (χ0) is 25.8. The lowest BCUT2D eigenvalue weighted by Gasteiger charge is -2.15. The summed E-state index contributed by atoms with van der Waals surface area (Å²) < 4.78 is 12.3. The lowest BCUT2D eigenvalue weighted by molar-refractivity contribution is -0.118. The van der Waals surface area contributed by atoms with E-state index < -0.39 is 0 Å². The first-order valence-corrected chi connectivity index (χ1v) is 13.0. The number of hydrogen-bond donors (Lipinski definition) is 1. The van der Waals surface area contributed by atoms with Crippen LogP contribution < -0.4 is 19.7 Å². The molecule has 10 heteroatoms. The van der Waals surface area contributed by atoms with Crippen molar-refractivity contribution in [3.8, 4) is 11.5 Å². The van der Waals surface area contributed by atoms with E-state index in [1.807, 2.05) is 31.2 Å². The molecule has 4 rings (SSSR count). The quantitative estimate of drug-likeness (QED) is 0.236. The summed E-state index contributed by atoms with van der Waals surface area (Å²) in [7, 11) is 1.51. The van der Waals surface area contributed by atoms with Crippen molar-refractivity contribution in [3.05, 3.63) is 86.2 Å². The number of anilines is 2. The fraction of sp³-hybridized carbons (Fsp3) is 0.115. The fourth-order valence-electron chi connectivity index (χ4n) is 3.42. The second-order valence-electron chi connectivity index (χ2n) is 7.73. The molecular weight excluding hydrogens is 584 g/mol. The van der Waals surface area contributed by atoms with Gasteiger partial charge in [-0.1, -0.05) is 53.8 Å². The van der Waals surface area contributed by atoms with E-state index in [9.17, 15) is 9.59 Å². The number of ether oxygens (including phenoxy) is 2. The molecule has 1 saturated heterocycles. The number of halogens is 2. The maximum Gasteiger partial charge on any atom is 0.270 e. The minimum absolute atomic E-state index is 0.182. The molecule has 0 spiro atoms. The normalized spacial score (nSPS) is 14.3. The Hall–Kier alpha value is -2.85. The van der Waals surface area contributed by atoms with E-state index in [0.29, 0.717) is 37.1 Å². The zero-order valence-corrected chi connectivity index (χ0v) is 23.2. The first kappa shape index (κ1) is 26.2. The second-order valence-corrected chi connectivity index (χ2v) is 10.7. The standard InChI is InChI=1S/C26H20BrClN2O4S2/c1-15-4-3-5-17(10-15)29-24(31)14-34-21-9-6-16(11-22(21)33-2)12-23-25(32)30(26(35)36-23)18-7-8-19(27)20(28)13-18/h3-13H,14H2,1-2H3,(H,29,31)/b23-12+. The van der Waals surface area contributed by atoms with E-state index in [1.165, 1.54) is 23.8 Å². The van der Waals surface area contributed by atoms with Crippen molar-refractivity contribution in [3.63, 3.8) is 0 Å². The molecule has 0 saturated carbocycles. The van der Waals surface area contributed by atoms with Gasteiger partial charge in [0.2, 0.25) is 0 Å². The number of aryl methyl sites for hydroxylation is 1. The molecule has 0 aromatic heterocycles. The highest BCUT2D eigenvalue weighted by Crippen LogP contribution is 2.38. The van der Waals surface area contributed by atoms with Gasteiger partial charge in [-0.05, 0) is 82.5 Å². The molecule has 36 heavy (non-hydrogen) atoms. The number of rotatable bonds is 7. The Labute approximate surface area is 231 Å². The summed E-state index contributed by atoms with van der Waals surface area (Å²) >= 11 is 16.2. The molecule has 3 aromatic carbocycles. The Bertz CT molecular complexity index is 1400. The molecular formula is C26H20BrClN2O4S2. The summed E-state index contributed by atoms with van der Waals surface area (Å²) in [4.78, 5) is 27.3. The molecule has 1 fully saturated rings. The highest BCUT2D eigenvalue weighted by molar-refractivity contribution is 9.10. The maximum absolute atomic E-state index is 13.1. The van der Waals surface area contributed by atoms with Crippen LogP contribution in [0.4, 0.5) is 11.4 Å². The highest BCUT2D eigenvalue weighted by Gasteiger charge is 2.33.